The smallest absolute Gasteiger partial charge is 0.264 e. The molecule has 0 saturated carbocycles. The number of nitrogens with zero attached hydrogens (tertiary/aromatic N) is 2. The summed E-state index contributed by atoms with van der Waals surface area (Å²) in [6.07, 6.45) is 0.225. The third kappa shape index (κ3) is 9.09. The molecule has 4 aromatic carbocycles. The van der Waals surface area contributed by atoms with Crippen molar-refractivity contribution >= 4 is 39.1 Å². The molecule has 0 aliphatic carbocycles. The third-order valence-electron chi connectivity index (χ3n) is 6.99. The molecule has 0 saturated heterocycles. The van der Waals surface area contributed by atoms with Gasteiger partial charge in [-0.3, -0.25) is 13.9 Å². The van der Waals surface area contributed by atoms with Gasteiger partial charge in [-0.1, -0.05) is 72.3 Å². The van der Waals surface area contributed by atoms with Crippen molar-refractivity contribution in [3.8, 4) is 5.75 Å². The molecule has 1 N–H and O–H groups in total. The monoisotopic (exact) mass is 647 g/mol. The van der Waals surface area contributed by atoms with Gasteiger partial charge in [0.1, 0.15) is 18.3 Å². The van der Waals surface area contributed by atoms with Crippen LogP contribution in [0.15, 0.2) is 114 Å². The van der Waals surface area contributed by atoms with Gasteiger partial charge in [0.05, 0.1) is 17.2 Å². The van der Waals surface area contributed by atoms with Crippen LogP contribution in [0.25, 0.3) is 0 Å². The molecule has 0 aliphatic rings. The van der Waals surface area contributed by atoms with Crippen molar-refractivity contribution < 1.29 is 22.7 Å². The van der Waals surface area contributed by atoms with Gasteiger partial charge in [-0.2, -0.15) is 0 Å². The van der Waals surface area contributed by atoms with Gasteiger partial charge in [-0.15, -0.1) is 0 Å². The second-order valence-electron chi connectivity index (χ2n) is 10.8. The number of halogens is 1. The molecular formula is C35H38ClN3O5S. The first-order valence-electron chi connectivity index (χ1n) is 14.8. The van der Waals surface area contributed by atoms with Crippen molar-refractivity contribution in [2.24, 2.45) is 0 Å². The van der Waals surface area contributed by atoms with Crippen molar-refractivity contribution in [3.63, 3.8) is 0 Å². The normalized spacial score (nSPS) is 11.9. The number of ether oxygens (including phenoxy) is 1. The maximum absolute atomic E-state index is 14.4. The molecule has 0 unspecified atom stereocenters. The Kier molecular flexibility index (Phi) is 11.6. The van der Waals surface area contributed by atoms with Crippen LogP contribution in [-0.2, 0) is 32.6 Å². The average molecular weight is 648 g/mol. The largest absolute Gasteiger partial charge is 0.494 e. The van der Waals surface area contributed by atoms with Crippen LogP contribution in [-0.4, -0.2) is 50.4 Å². The lowest BCUT2D eigenvalue weighted by molar-refractivity contribution is -0.140. The van der Waals surface area contributed by atoms with Gasteiger partial charge in [0, 0.05) is 24.0 Å². The second-order valence-corrected chi connectivity index (χ2v) is 13.1. The van der Waals surface area contributed by atoms with E-state index in [2.05, 4.69) is 5.32 Å². The molecule has 0 aromatic heterocycles. The Bertz CT molecular complexity index is 1670. The van der Waals surface area contributed by atoms with E-state index in [0.717, 1.165) is 9.87 Å². The molecule has 236 valence electrons. The van der Waals surface area contributed by atoms with E-state index in [0.29, 0.717) is 28.6 Å². The molecule has 0 radical (unpaired) electrons. The number of hydrogen-bond donors (Lipinski definition) is 1. The molecule has 0 spiro atoms. The van der Waals surface area contributed by atoms with E-state index < -0.39 is 28.5 Å². The Morgan fingerprint density at radius 1 is 0.844 bits per heavy atom. The van der Waals surface area contributed by atoms with Gasteiger partial charge in [0.15, 0.2) is 0 Å². The van der Waals surface area contributed by atoms with Crippen molar-refractivity contribution in [1.29, 1.82) is 0 Å². The SMILES string of the molecule is CCOc1ccc(S(=O)(=O)N(CC(=O)N(Cc2cccc(Cl)c2)[C@H](Cc2ccccc2)C(=O)NC(C)C)c2ccccc2)cc1. The molecule has 0 aliphatic heterocycles. The lowest BCUT2D eigenvalue weighted by atomic mass is 10.0. The number of nitrogens with one attached hydrogen (secondary N) is 1. The number of para-hydroxylation sites is 1. The van der Waals surface area contributed by atoms with Crippen LogP contribution in [0, 0.1) is 0 Å². The summed E-state index contributed by atoms with van der Waals surface area (Å²) >= 11 is 6.29. The number of amides is 2. The minimum Gasteiger partial charge on any atom is -0.494 e. The molecule has 45 heavy (non-hydrogen) atoms. The maximum atomic E-state index is 14.4. The highest BCUT2D eigenvalue weighted by molar-refractivity contribution is 7.92. The maximum Gasteiger partial charge on any atom is 0.264 e. The van der Waals surface area contributed by atoms with E-state index in [9.17, 15) is 18.0 Å². The van der Waals surface area contributed by atoms with Crippen molar-refractivity contribution in [2.45, 2.75) is 50.7 Å². The summed E-state index contributed by atoms with van der Waals surface area (Å²) in [4.78, 5) is 29.6. The predicted molar refractivity (Wildman–Crippen MR) is 178 cm³/mol. The molecule has 4 aromatic rings. The lowest BCUT2D eigenvalue weighted by Gasteiger charge is -2.34. The van der Waals surface area contributed by atoms with E-state index >= 15 is 0 Å². The highest BCUT2D eigenvalue weighted by atomic mass is 35.5. The molecule has 2 amide bonds. The van der Waals surface area contributed by atoms with E-state index in [1.807, 2.05) is 57.2 Å². The van der Waals surface area contributed by atoms with Crippen molar-refractivity contribution in [2.75, 3.05) is 17.5 Å². The molecule has 0 fully saturated rings. The third-order valence-corrected chi connectivity index (χ3v) is 9.01. The highest BCUT2D eigenvalue weighted by Gasteiger charge is 2.34. The zero-order chi connectivity index (χ0) is 32.4. The zero-order valence-electron chi connectivity index (χ0n) is 25.6. The second kappa shape index (κ2) is 15.6. The number of rotatable bonds is 14. The summed E-state index contributed by atoms with van der Waals surface area (Å²) in [5.74, 6) is -0.357. The van der Waals surface area contributed by atoms with Gasteiger partial charge in [0.25, 0.3) is 10.0 Å². The van der Waals surface area contributed by atoms with Crippen LogP contribution in [0.1, 0.15) is 31.9 Å². The zero-order valence-corrected chi connectivity index (χ0v) is 27.2. The predicted octanol–water partition coefficient (Wildman–Crippen LogP) is 6.10. The molecule has 4 rings (SSSR count). The van der Waals surface area contributed by atoms with E-state index in [4.69, 9.17) is 16.3 Å². The quantitative estimate of drug-likeness (QED) is 0.179. The Morgan fingerprint density at radius 2 is 1.47 bits per heavy atom. The van der Waals surface area contributed by atoms with Gasteiger partial charge in [-0.05, 0) is 80.4 Å². The molecule has 10 heteroatoms. The molecule has 0 heterocycles. The van der Waals surface area contributed by atoms with Crippen molar-refractivity contribution in [1.82, 2.24) is 10.2 Å². The molecule has 8 nitrogen and oxygen atoms in total. The minimum absolute atomic E-state index is 0.00221. The number of anilines is 1. The number of benzene rings is 4. The first-order valence-corrected chi connectivity index (χ1v) is 16.6. The fraction of sp³-hybridized carbons (Fsp3) is 0.257. The summed E-state index contributed by atoms with van der Waals surface area (Å²) in [6.45, 7) is 5.47. The van der Waals surface area contributed by atoms with Crippen LogP contribution in [0.3, 0.4) is 0 Å². The minimum atomic E-state index is -4.21. The first-order chi connectivity index (χ1) is 21.6. The summed E-state index contributed by atoms with van der Waals surface area (Å²) in [5, 5.41) is 3.43. The summed E-state index contributed by atoms with van der Waals surface area (Å²) in [7, 11) is -4.21. The van der Waals surface area contributed by atoms with E-state index in [1.165, 1.54) is 17.0 Å². The van der Waals surface area contributed by atoms with Crippen molar-refractivity contribution in [3.05, 3.63) is 125 Å². The molecule has 0 bridgehead atoms. The number of carbonyl (C=O) groups excluding carboxylic acids is 2. The fourth-order valence-corrected chi connectivity index (χ4v) is 6.52. The average Bonchev–Trinajstić information content (AvgIpc) is 3.02. The van der Waals surface area contributed by atoms with Gasteiger partial charge in [0.2, 0.25) is 11.8 Å². The summed E-state index contributed by atoms with van der Waals surface area (Å²) < 4.78 is 34.8. The van der Waals surface area contributed by atoms with Gasteiger partial charge in [-0.25, -0.2) is 8.42 Å². The summed E-state index contributed by atoms with van der Waals surface area (Å²) in [5.41, 5.74) is 1.87. The Hall–Kier alpha value is -4.34. The van der Waals surface area contributed by atoms with Gasteiger partial charge < -0.3 is 15.0 Å². The van der Waals surface area contributed by atoms with Crippen LogP contribution >= 0.6 is 11.6 Å². The Morgan fingerprint density at radius 3 is 2.07 bits per heavy atom. The molecule has 1 atom stereocenters. The first kappa shape index (κ1) is 33.6. The van der Waals surface area contributed by atoms with Crippen LogP contribution < -0.4 is 14.4 Å². The van der Waals surface area contributed by atoms with E-state index in [1.54, 1.807) is 60.7 Å². The number of hydrogen-bond acceptors (Lipinski definition) is 5. The highest BCUT2D eigenvalue weighted by Crippen LogP contribution is 2.26. The summed E-state index contributed by atoms with van der Waals surface area (Å²) in [6, 6.07) is 29.9. The fourth-order valence-electron chi connectivity index (χ4n) is 4.89. The van der Waals surface area contributed by atoms with Crippen LogP contribution in [0.4, 0.5) is 5.69 Å². The topological polar surface area (TPSA) is 96.0 Å². The Balaban J connectivity index is 1.78. The van der Waals surface area contributed by atoms with Gasteiger partial charge >= 0.3 is 0 Å². The van der Waals surface area contributed by atoms with E-state index in [-0.39, 0.29) is 29.8 Å². The Labute approximate surface area is 270 Å². The van der Waals surface area contributed by atoms with Crippen LogP contribution in [0.2, 0.25) is 5.02 Å². The lowest BCUT2D eigenvalue weighted by Crippen LogP contribution is -2.54. The van der Waals surface area contributed by atoms with Crippen LogP contribution in [0.5, 0.6) is 5.75 Å². The molecular weight excluding hydrogens is 610 g/mol. The standard InChI is InChI=1S/C35H38ClN3O5S/c1-4-44-31-18-20-32(21-19-31)45(42,43)39(30-16-9-6-10-17-30)25-34(40)38(24-28-14-11-15-29(36)22-28)33(35(41)37-26(2)3)23-27-12-7-5-8-13-27/h5-22,26,33H,4,23-25H2,1-3H3,(H,37,41)/t33-/m1/s1. The number of sulfonamides is 1. The number of carbonyl (C=O) groups is 2.